The van der Waals surface area contributed by atoms with Crippen LogP contribution < -0.4 is 10.5 Å². The summed E-state index contributed by atoms with van der Waals surface area (Å²) in [5.41, 5.74) is 8.94. The van der Waals surface area contributed by atoms with E-state index in [0.717, 1.165) is 11.4 Å². The highest BCUT2D eigenvalue weighted by atomic mass is 16.5. The van der Waals surface area contributed by atoms with Crippen LogP contribution in [0.1, 0.15) is 11.1 Å². The Bertz CT molecular complexity index is 574. The van der Waals surface area contributed by atoms with Gasteiger partial charge in [0.15, 0.2) is 0 Å². The third-order valence-electron chi connectivity index (χ3n) is 3.78. The van der Waals surface area contributed by atoms with Crippen LogP contribution in [-0.4, -0.2) is 20.3 Å². The normalized spacial score (nSPS) is 16.7. The molecule has 1 heterocycles. The summed E-state index contributed by atoms with van der Waals surface area (Å²) >= 11 is 0. The van der Waals surface area contributed by atoms with Gasteiger partial charge in [0, 0.05) is 5.69 Å². The minimum Gasteiger partial charge on any atom is -0.497 e. The monoisotopic (exact) mass is 255 g/mol. The van der Waals surface area contributed by atoms with Crippen molar-refractivity contribution >= 4 is 5.69 Å². The van der Waals surface area contributed by atoms with Crippen molar-refractivity contribution in [3.63, 3.8) is 0 Å². The zero-order valence-corrected chi connectivity index (χ0v) is 10.9. The van der Waals surface area contributed by atoms with Gasteiger partial charge < -0.3 is 15.2 Å². The number of ether oxygens (including phenoxy) is 2. The summed E-state index contributed by atoms with van der Waals surface area (Å²) < 4.78 is 10.8. The first kappa shape index (κ1) is 12.1. The average Bonchev–Trinajstić information content (AvgIpc) is 2.40. The van der Waals surface area contributed by atoms with Gasteiger partial charge in [-0.2, -0.15) is 0 Å². The number of benzene rings is 2. The number of hydrogen-bond acceptors (Lipinski definition) is 3. The first-order valence-electron chi connectivity index (χ1n) is 6.33. The van der Waals surface area contributed by atoms with E-state index < -0.39 is 0 Å². The molecule has 1 aliphatic heterocycles. The van der Waals surface area contributed by atoms with Crippen molar-refractivity contribution in [2.24, 2.45) is 0 Å². The van der Waals surface area contributed by atoms with Gasteiger partial charge >= 0.3 is 0 Å². The fourth-order valence-corrected chi connectivity index (χ4v) is 2.53. The molecule has 0 saturated carbocycles. The van der Waals surface area contributed by atoms with Gasteiger partial charge in [0.1, 0.15) is 5.75 Å². The molecule has 2 N–H and O–H groups in total. The maximum atomic E-state index is 5.76. The van der Waals surface area contributed by atoms with Gasteiger partial charge in [-0.15, -0.1) is 0 Å². The van der Waals surface area contributed by atoms with Crippen LogP contribution in [-0.2, 0) is 10.2 Å². The van der Waals surface area contributed by atoms with E-state index in [1.165, 1.54) is 11.1 Å². The smallest absolute Gasteiger partial charge is 0.119 e. The fraction of sp³-hybridized carbons (Fsp3) is 0.250. The Morgan fingerprint density at radius 2 is 1.79 bits per heavy atom. The SMILES string of the molecule is COc1cccc(C2(c3ccc(N)cc3)COC2)c1. The van der Waals surface area contributed by atoms with Crippen LogP contribution in [0.5, 0.6) is 5.75 Å². The predicted octanol–water partition coefficient (Wildman–Crippen LogP) is 2.59. The Morgan fingerprint density at radius 1 is 1.05 bits per heavy atom. The molecule has 1 aliphatic rings. The molecule has 1 saturated heterocycles. The van der Waals surface area contributed by atoms with Crippen molar-refractivity contribution in [3.05, 3.63) is 59.7 Å². The minimum absolute atomic E-state index is 0.0672. The van der Waals surface area contributed by atoms with E-state index in [2.05, 4.69) is 24.3 Å². The van der Waals surface area contributed by atoms with Gasteiger partial charge in [0.25, 0.3) is 0 Å². The van der Waals surface area contributed by atoms with Crippen molar-refractivity contribution < 1.29 is 9.47 Å². The zero-order valence-electron chi connectivity index (χ0n) is 10.9. The van der Waals surface area contributed by atoms with Crippen molar-refractivity contribution in [2.75, 3.05) is 26.1 Å². The summed E-state index contributed by atoms with van der Waals surface area (Å²) in [5.74, 6) is 0.874. The van der Waals surface area contributed by atoms with Gasteiger partial charge in [-0.25, -0.2) is 0 Å². The summed E-state index contributed by atoms with van der Waals surface area (Å²) in [4.78, 5) is 0. The molecule has 98 valence electrons. The first-order valence-corrected chi connectivity index (χ1v) is 6.33. The molecule has 3 rings (SSSR count). The lowest BCUT2D eigenvalue weighted by Crippen LogP contribution is -2.47. The summed E-state index contributed by atoms with van der Waals surface area (Å²) in [7, 11) is 1.69. The van der Waals surface area contributed by atoms with Crippen molar-refractivity contribution in [1.82, 2.24) is 0 Å². The molecule has 3 nitrogen and oxygen atoms in total. The van der Waals surface area contributed by atoms with Crippen LogP contribution in [0.3, 0.4) is 0 Å². The molecule has 3 heteroatoms. The second-order valence-electron chi connectivity index (χ2n) is 4.93. The highest BCUT2D eigenvalue weighted by Crippen LogP contribution is 2.40. The van der Waals surface area contributed by atoms with Crippen LogP contribution in [0.25, 0.3) is 0 Å². The first-order chi connectivity index (χ1) is 9.24. The Labute approximate surface area is 113 Å². The second-order valence-corrected chi connectivity index (χ2v) is 4.93. The number of nitrogen functional groups attached to an aromatic ring is 1. The van der Waals surface area contributed by atoms with E-state index in [4.69, 9.17) is 15.2 Å². The number of rotatable bonds is 3. The summed E-state index contributed by atoms with van der Waals surface area (Å²) in [5, 5.41) is 0. The van der Waals surface area contributed by atoms with Crippen LogP contribution >= 0.6 is 0 Å². The third-order valence-corrected chi connectivity index (χ3v) is 3.78. The Morgan fingerprint density at radius 3 is 2.37 bits per heavy atom. The topological polar surface area (TPSA) is 44.5 Å². The highest BCUT2D eigenvalue weighted by Gasteiger charge is 2.42. The van der Waals surface area contributed by atoms with E-state index in [-0.39, 0.29) is 5.41 Å². The molecule has 0 unspecified atom stereocenters. The van der Waals surface area contributed by atoms with Crippen LogP contribution in [0.2, 0.25) is 0 Å². The average molecular weight is 255 g/mol. The van der Waals surface area contributed by atoms with Gasteiger partial charge in [-0.1, -0.05) is 24.3 Å². The van der Waals surface area contributed by atoms with Gasteiger partial charge in [0.05, 0.1) is 25.7 Å². The number of anilines is 1. The molecule has 0 amide bonds. The molecule has 0 aliphatic carbocycles. The van der Waals surface area contributed by atoms with E-state index in [1.807, 2.05) is 24.3 Å². The third kappa shape index (κ3) is 1.96. The highest BCUT2D eigenvalue weighted by molar-refractivity contribution is 5.48. The molecule has 0 spiro atoms. The zero-order chi connectivity index (χ0) is 13.3. The van der Waals surface area contributed by atoms with E-state index >= 15 is 0 Å². The molecule has 0 radical (unpaired) electrons. The number of methoxy groups -OCH3 is 1. The van der Waals surface area contributed by atoms with E-state index in [1.54, 1.807) is 7.11 Å². The maximum absolute atomic E-state index is 5.76. The van der Waals surface area contributed by atoms with Crippen molar-refractivity contribution in [3.8, 4) is 5.75 Å². The minimum atomic E-state index is -0.0672. The molecule has 19 heavy (non-hydrogen) atoms. The molecule has 2 aromatic carbocycles. The van der Waals surface area contributed by atoms with Crippen molar-refractivity contribution in [1.29, 1.82) is 0 Å². The van der Waals surface area contributed by atoms with Crippen LogP contribution in [0.15, 0.2) is 48.5 Å². The molecular formula is C16H17NO2. The summed E-state index contributed by atoms with van der Waals surface area (Å²) in [6.07, 6.45) is 0. The number of hydrogen-bond donors (Lipinski definition) is 1. The van der Waals surface area contributed by atoms with Crippen LogP contribution in [0.4, 0.5) is 5.69 Å². The van der Waals surface area contributed by atoms with Crippen molar-refractivity contribution in [2.45, 2.75) is 5.41 Å². The molecule has 0 atom stereocenters. The molecule has 2 aromatic rings. The van der Waals surface area contributed by atoms with E-state index in [9.17, 15) is 0 Å². The Hall–Kier alpha value is -2.00. The van der Waals surface area contributed by atoms with Gasteiger partial charge in [0.2, 0.25) is 0 Å². The lowest BCUT2D eigenvalue weighted by atomic mass is 9.73. The van der Waals surface area contributed by atoms with Gasteiger partial charge in [-0.3, -0.25) is 0 Å². The fourth-order valence-electron chi connectivity index (χ4n) is 2.53. The molecular weight excluding hydrogens is 238 g/mol. The standard InChI is InChI=1S/C16H17NO2/c1-18-15-4-2-3-13(9-15)16(10-19-11-16)12-5-7-14(17)8-6-12/h2-9H,10-11,17H2,1H3. The quantitative estimate of drug-likeness (QED) is 0.857. The summed E-state index contributed by atoms with van der Waals surface area (Å²) in [6, 6.07) is 16.2. The van der Waals surface area contributed by atoms with Crippen LogP contribution in [0, 0.1) is 0 Å². The lowest BCUT2D eigenvalue weighted by Gasteiger charge is -2.42. The molecule has 0 bridgehead atoms. The Balaban J connectivity index is 2.05. The molecule has 1 fully saturated rings. The lowest BCUT2D eigenvalue weighted by molar-refractivity contribution is -0.0380. The van der Waals surface area contributed by atoms with E-state index in [0.29, 0.717) is 13.2 Å². The molecule has 0 aromatic heterocycles. The maximum Gasteiger partial charge on any atom is 0.119 e. The predicted molar refractivity (Wildman–Crippen MR) is 75.4 cm³/mol. The summed E-state index contributed by atoms with van der Waals surface area (Å²) in [6.45, 7) is 1.40. The second kappa shape index (κ2) is 4.59. The Kier molecular flexibility index (Phi) is 2.91. The van der Waals surface area contributed by atoms with Gasteiger partial charge in [-0.05, 0) is 35.4 Å². The largest absolute Gasteiger partial charge is 0.497 e. The number of nitrogens with two attached hydrogens (primary N) is 1.